The molecule has 2 unspecified atom stereocenters. The van der Waals surface area contributed by atoms with E-state index in [0.29, 0.717) is 6.61 Å². The molecule has 0 aromatic carbocycles. The van der Waals surface area contributed by atoms with Crippen molar-refractivity contribution in [2.24, 2.45) is 0 Å². The van der Waals surface area contributed by atoms with E-state index in [1.54, 1.807) is 0 Å². The van der Waals surface area contributed by atoms with Crippen LogP contribution < -0.4 is 0 Å². The first-order valence-corrected chi connectivity index (χ1v) is 6.10. The zero-order chi connectivity index (χ0) is 11.3. The maximum Gasteiger partial charge on any atom is 0.302 e. The number of nitrogens with zero attached hydrogens (tertiary/aromatic N) is 1. The molecule has 15 heavy (non-hydrogen) atoms. The maximum atomic E-state index is 10.7. The SMILES string of the molecule is CC[N+]1(CCOC(C)=O)CCCCC1C. The molecular formula is C12H24NO2+. The van der Waals surface area contributed by atoms with Gasteiger partial charge in [0.1, 0.15) is 13.2 Å². The fourth-order valence-electron chi connectivity index (χ4n) is 2.69. The molecule has 0 radical (unpaired) electrons. The quantitative estimate of drug-likeness (QED) is 0.528. The van der Waals surface area contributed by atoms with Crippen LogP contribution in [0.15, 0.2) is 0 Å². The summed E-state index contributed by atoms with van der Waals surface area (Å²) < 4.78 is 6.20. The van der Waals surface area contributed by atoms with Crippen LogP contribution in [0.25, 0.3) is 0 Å². The summed E-state index contributed by atoms with van der Waals surface area (Å²) in [7, 11) is 0. The second kappa shape index (κ2) is 5.50. The molecule has 0 aromatic rings. The van der Waals surface area contributed by atoms with Crippen molar-refractivity contribution in [1.29, 1.82) is 0 Å². The van der Waals surface area contributed by atoms with Crippen LogP contribution in [-0.2, 0) is 9.53 Å². The molecule has 1 aliphatic heterocycles. The third kappa shape index (κ3) is 3.20. The average molecular weight is 214 g/mol. The first-order chi connectivity index (χ1) is 7.10. The molecule has 0 amide bonds. The Morgan fingerprint density at radius 2 is 2.20 bits per heavy atom. The first-order valence-electron chi connectivity index (χ1n) is 6.10. The predicted octanol–water partition coefficient (Wildman–Crippen LogP) is 1.96. The van der Waals surface area contributed by atoms with Crippen LogP contribution in [-0.4, -0.2) is 42.7 Å². The van der Waals surface area contributed by atoms with Crippen LogP contribution in [0, 0.1) is 0 Å². The van der Waals surface area contributed by atoms with E-state index in [1.165, 1.54) is 32.7 Å². The van der Waals surface area contributed by atoms with E-state index in [0.717, 1.165) is 23.6 Å². The lowest BCUT2D eigenvalue weighted by Gasteiger charge is -2.45. The van der Waals surface area contributed by atoms with Gasteiger partial charge in [0.25, 0.3) is 0 Å². The van der Waals surface area contributed by atoms with Gasteiger partial charge < -0.3 is 9.22 Å². The number of likely N-dealkylation sites (N-methyl/N-ethyl adjacent to an activating group) is 1. The third-order valence-corrected chi connectivity index (χ3v) is 3.88. The Labute approximate surface area is 93.0 Å². The van der Waals surface area contributed by atoms with E-state index in [-0.39, 0.29) is 5.97 Å². The number of carbonyl (C=O) groups is 1. The smallest absolute Gasteiger partial charge is 0.302 e. The lowest BCUT2D eigenvalue weighted by molar-refractivity contribution is -0.952. The highest BCUT2D eigenvalue weighted by Gasteiger charge is 2.34. The summed E-state index contributed by atoms with van der Waals surface area (Å²) in [5, 5.41) is 0. The van der Waals surface area contributed by atoms with E-state index in [4.69, 9.17) is 4.74 Å². The second-order valence-electron chi connectivity index (χ2n) is 4.67. The number of ether oxygens (including phenoxy) is 1. The lowest BCUT2D eigenvalue weighted by atomic mass is 9.99. The van der Waals surface area contributed by atoms with E-state index >= 15 is 0 Å². The molecule has 0 spiro atoms. The maximum absolute atomic E-state index is 10.7. The molecule has 1 rings (SSSR count). The zero-order valence-electron chi connectivity index (χ0n) is 10.3. The van der Waals surface area contributed by atoms with Gasteiger partial charge in [0.2, 0.25) is 0 Å². The molecule has 0 bridgehead atoms. The molecule has 3 nitrogen and oxygen atoms in total. The van der Waals surface area contributed by atoms with Crippen molar-refractivity contribution in [2.45, 2.75) is 46.1 Å². The van der Waals surface area contributed by atoms with Crippen molar-refractivity contribution in [2.75, 3.05) is 26.2 Å². The van der Waals surface area contributed by atoms with Gasteiger partial charge in [0.15, 0.2) is 0 Å². The van der Waals surface area contributed by atoms with Gasteiger partial charge in [0.05, 0.1) is 19.1 Å². The van der Waals surface area contributed by atoms with Crippen LogP contribution in [0.2, 0.25) is 0 Å². The number of hydrogen-bond donors (Lipinski definition) is 0. The Balaban J connectivity index is 2.47. The largest absolute Gasteiger partial charge is 0.460 e. The average Bonchev–Trinajstić information content (AvgIpc) is 2.21. The van der Waals surface area contributed by atoms with Crippen LogP contribution in [0.4, 0.5) is 0 Å². The molecule has 3 heteroatoms. The number of piperidine rings is 1. The Hall–Kier alpha value is -0.570. The van der Waals surface area contributed by atoms with E-state index < -0.39 is 0 Å². The highest BCUT2D eigenvalue weighted by molar-refractivity contribution is 5.65. The molecule has 0 N–H and O–H groups in total. The Kier molecular flexibility index (Phi) is 4.58. The summed E-state index contributed by atoms with van der Waals surface area (Å²) in [6, 6.07) is 0.722. The van der Waals surface area contributed by atoms with E-state index in [9.17, 15) is 4.79 Å². The Bertz CT molecular complexity index is 218. The molecule has 1 saturated heterocycles. The van der Waals surface area contributed by atoms with Crippen molar-refractivity contribution < 1.29 is 14.0 Å². The minimum Gasteiger partial charge on any atom is -0.460 e. The van der Waals surface area contributed by atoms with Gasteiger partial charge in [-0.15, -0.1) is 0 Å². The molecule has 1 heterocycles. The van der Waals surface area contributed by atoms with Gasteiger partial charge in [-0.1, -0.05) is 0 Å². The Morgan fingerprint density at radius 3 is 2.73 bits per heavy atom. The lowest BCUT2D eigenvalue weighted by Crippen LogP contribution is -2.58. The molecular weight excluding hydrogens is 190 g/mol. The van der Waals surface area contributed by atoms with Crippen molar-refractivity contribution in [1.82, 2.24) is 0 Å². The van der Waals surface area contributed by atoms with Crippen LogP contribution in [0.5, 0.6) is 0 Å². The minimum absolute atomic E-state index is 0.158. The fraction of sp³-hybridized carbons (Fsp3) is 0.917. The standard InChI is InChI=1S/C12H24NO2/c1-4-13(9-10-15-12(3)14)8-6-5-7-11(13)2/h11H,4-10H2,1-3H3/q+1. The van der Waals surface area contributed by atoms with E-state index in [2.05, 4.69) is 13.8 Å². The number of likely N-dealkylation sites (tertiary alicyclic amines) is 1. The summed E-state index contributed by atoms with van der Waals surface area (Å²) in [5.74, 6) is -0.158. The van der Waals surface area contributed by atoms with Gasteiger partial charge >= 0.3 is 5.97 Å². The predicted molar refractivity (Wildman–Crippen MR) is 60.5 cm³/mol. The Morgan fingerprint density at radius 1 is 1.47 bits per heavy atom. The number of hydrogen-bond acceptors (Lipinski definition) is 2. The van der Waals surface area contributed by atoms with Gasteiger partial charge in [-0.05, 0) is 33.1 Å². The third-order valence-electron chi connectivity index (χ3n) is 3.88. The number of carbonyl (C=O) groups excluding carboxylic acids is 1. The number of esters is 1. The molecule has 2 atom stereocenters. The van der Waals surface area contributed by atoms with Gasteiger partial charge in [0, 0.05) is 6.92 Å². The number of quaternary nitrogens is 1. The summed E-state index contributed by atoms with van der Waals surface area (Å²) in [6.07, 6.45) is 3.99. The summed E-state index contributed by atoms with van der Waals surface area (Å²) in [6.45, 7) is 10.0. The zero-order valence-corrected chi connectivity index (χ0v) is 10.3. The molecule has 0 saturated carbocycles. The van der Waals surface area contributed by atoms with Gasteiger partial charge in [-0.3, -0.25) is 4.79 Å². The van der Waals surface area contributed by atoms with Crippen LogP contribution in [0.3, 0.4) is 0 Å². The van der Waals surface area contributed by atoms with Crippen molar-refractivity contribution in [3.05, 3.63) is 0 Å². The number of rotatable bonds is 4. The molecule has 0 aromatic heterocycles. The van der Waals surface area contributed by atoms with E-state index in [1.807, 2.05) is 0 Å². The summed E-state index contributed by atoms with van der Waals surface area (Å²) in [5.41, 5.74) is 0. The molecule has 88 valence electrons. The summed E-state index contributed by atoms with van der Waals surface area (Å²) in [4.78, 5) is 10.7. The highest BCUT2D eigenvalue weighted by Crippen LogP contribution is 2.25. The van der Waals surface area contributed by atoms with Gasteiger partial charge in [-0.2, -0.15) is 0 Å². The fourth-order valence-corrected chi connectivity index (χ4v) is 2.69. The highest BCUT2D eigenvalue weighted by atomic mass is 16.5. The molecule has 0 aliphatic carbocycles. The second-order valence-corrected chi connectivity index (χ2v) is 4.67. The minimum atomic E-state index is -0.158. The summed E-state index contributed by atoms with van der Waals surface area (Å²) >= 11 is 0. The van der Waals surface area contributed by atoms with Crippen LogP contribution >= 0.6 is 0 Å². The normalized spacial score (nSPS) is 31.3. The molecule has 1 aliphatic rings. The van der Waals surface area contributed by atoms with Crippen molar-refractivity contribution >= 4 is 5.97 Å². The topological polar surface area (TPSA) is 26.3 Å². The van der Waals surface area contributed by atoms with Crippen molar-refractivity contribution in [3.8, 4) is 0 Å². The van der Waals surface area contributed by atoms with Crippen LogP contribution in [0.1, 0.15) is 40.0 Å². The monoisotopic (exact) mass is 214 g/mol. The van der Waals surface area contributed by atoms with Gasteiger partial charge in [-0.25, -0.2) is 0 Å². The van der Waals surface area contributed by atoms with Crippen molar-refractivity contribution in [3.63, 3.8) is 0 Å². The first kappa shape index (κ1) is 12.5. The molecule has 1 fully saturated rings.